The van der Waals surface area contributed by atoms with Crippen molar-refractivity contribution in [3.63, 3.8) is 0 Å². The Kier molecular flexibility index (Phi) is 3.93. The average Bonchev–Trinajstić information content (AvgIpc) is 2.82. The molecule has 1 atom stereocenters. The normalized spacial score (nSPS) is 12.9. The minimum atomic E-state index is -0.243. The van der Waals surface area contributed by atoms with Gasteiger partial charge in [-0.15, -0.1) is 0 Å². The standard InChI is InChI=1S/C16H21NO2/c1-5-14(16(18)19-4)17-9-8-13-10-12(11(2)3)6-7-15(13)17/h6-11,14H,5H2,1-4H3. The highest BCUT2D eigenvalue weighted by Crippen LogP contribution is 2.26. The van der Waals surface area contributed by atoms with Crippen LogP contribution in [-0.4, -0.2) is 17.6 Å². The van der Waals surface area contributed by atoms with Crippen LogP contribution in [0.2, 0.25) is 0 Å². The first-order valence-electron chi connectivity index (χ1n) is 6.76. The molecule has 1 heterocycles. The summed E-state index contributed by atoms with van der Waals surface area (Å²) < 4.78 is 6.88. The van der Waals surface area contributed by atoms with Gasteiger partial charge >= 0.3 is 5.97 Å². The summed E-state index contributed by atoms with van der Waals surface area (Å²) in [6, 6.07) is 8.24. The van der Waals surface area contributed by atoms with Crippen LogP contribution >= 0.6 is 0 Å². The van der Waals surface area contributed by atoms with Crippen LogP contribution in [0.25, 0.3) is 10.9 Å². The lowest BCUT2D eigenvalue weighted by atomic mass is 10.0. The second kappa shape index (κ2) is 5.47. The van der Waals surface area contributed by atoms with Crippen molar-refractivity contribution in [3.05, 3.63) is 36.0 Å². The maximum absolute atomic E-state index is 11.8. The second-order valence-corrected chi connectivity index (χ2v) is 5.14. The minimum absolute atomic E-state index is 0.187. The Bertz CT molecular complexity index is 583. The molecule has 1 aromatic heterocycles. The molecular weight excluding hydrogens is 238 g/mol. The van der Waals surface area contributed by atoms with Crippen molar-refractivity contribution < 1.29 is 9.53 Å². The van der Waals surface area contributed by atoms with Gasteiger partial charge in [-0.05, 0) is 41.5 Å². The number of nitrogens with zero attached hydrogens (tertiary/aromatic N) is 1. The van der Waals surface area contributed by atoms with Crippen molar-refractivity contribution in [1.82, 2.24) is 4.57 Å². The van der Waals surface area contributed by atoms with Gasteiger partial charge in [-0.1, -0.05) is 26.8 Å². The summed E-state index contributed by atoms with van der Waals surface area (Å²) in [6.45, 7) is 6.36. The van der Waals surface area contributed by atoms with Crippen molar-refractivity contribution in [3.8, 4) is 0 Å². The van der Waals surface area contributed by atoms with E-state index in [0.717, 1.165) is 11.9 Å². The molecule has 0 bridgehead atoms. The molecule has 0 amide bonds. The van der Waals surface area contributed by atoms with Crippen molar-refractivity contribution in [2.45, 2.75) is 39.2 Å². The fraction of sp³-hybridized carbons (Fsp3) is 0.438. The van der Waals surface area contributed by atoms with Gasteiger partial charge < -0.3 is 9.30 Å². The van der Waals surface area contributed by atoms with Crippen molar-refractivity contribution in [2.24, 2.45) is 0 Å². The minimum Gasteiger partial charge on any atom is -0.467 e. The molecule has 3 nitrogen and oxygen atoms in total. The van der Waals surface area contributed by atoms with Crippen molar-refractivity contribution >= 4 is 16.9 Å². The molecule has 102 valence electrons. The predicted octanol–water partition coefficient (Wildman–Crippen LogP) is 3.89. The van der Waals surface area contributed by atoms with Crippen LogP contribution in [0.1, 0.15) is 44.7 Å². The van der Waals surface area contributed by atoms with Crippen LogP contribution in [0, 0.1) is 0 Å². The number of carbonyl (C=O) groups is 1. The van der Waals surface area contributed by atoms with E-state index in [9.17, 15) is 4.79 Å². The Hall–Kier alpha value is -1.77. The van der Waals surface area contributed by atoms with E-state index in [1.807, 2.05) is 17.7 Å². The molecule has 3 heteroatoms. The average molecular weight is 259 g/mol. The molecule has 0 radical (unpaired) electrons. The van der Waals surface area contributed by atoms with E-state index < -0.39 is 0 Å². The molecule has 2 rings (SSSR count). The molecule has 19 heavy (non-hydrogen) atoms. The van der Waals surface area contributed by atoms with E-state index in [1.54, 1.807) is 0 Å². The quantitative estimate of drug-likeness (QED) is 0.780. The van der Waals surface area contributed by atoms with Gasteiger partial charge in [-0.3, -0.25) is 0 Å². The first-order valence-corrected chi connectivity index (χ1v) is 6.76. The number of fused-ring (bicyclic) bond motifs is 1. The Morgan fingerprint density at radius 3 is 2.63 bits per heavy atom. The highest BCUT2D eigenvalue weighted by molar-refractivity contribution is 5.84. The number of ether oxygens (including phenoxy) is 1. The number of methoxy groups -OCH3 is 1. The third-order valence-corrected chi connectivity index (χ3v) is 3.61. The number of aromatic nitrogens is 1. The lowest BCUT2D eigenvalue weighted by Gasteiger charge is -2.16. The van der Waals surface area contributed by atoms with Gasteiger partial charge in [-0.25, -0.2) is 4.79 Å². The smallest absolute Gasteiger partial charge is 0.328 e. The SMILES string of the molecule is CCC(C(=O)OC)n1ccc2cc(C(C)C)ccc21. The molecule has 0 saturated carbocycles. The van der Waals surface area contributed by atoms with E-state index in [-0.39, 0.29) is 12.0 Å². The lowest BCUT2D eigenvalue weighted by Crippen LogP contribution is -2.19. The van der Waals surface area contributed by atoms with Gasteiger partial charge in [0, 0.05) is 11.7 Å². The van der Waals surface area contributed by atoms with Crippen LogP contribution in [-0.2, 0) is 9.53 Å². The van der Waals surface area contributed by atoms with E-state index in [0.29, 0.717) is 5.92 Å². The number of rotatable bonds is 4. The number of esters is 1. The van der Waals surface area contributed by atoms with Gasteiger partial charge in [0.2, 0.25) is 0 Å². The molecule has 1 unspecified atom stereocenters. The molecule has 0 aliphatic rings. The van der Waals surface area contributed by atoms with Gasteiger partial charge in [0.25, 0.3) is 0 Å². The fourth-order valence-corrected chi connectivity index (χ4v) is 2.43. The van der Waals surface area contributed by atoms with Crippen LogP contribution in [0.5, 0.6) is 0 Å². The topological polar surface area (TPSA) is 31.2 Å². The Morgan fingerprint density at radius 1 is 1.32 bits per heavy atom. The lowest BCUT2D eigenvalue weighted by molar-refractivity contribution is -0.144. The van der Waals surface area contributed by atoms with E-state index in [1.165, 1.54) is 18.1 Å². The molecule has 0 aliphatic carbocycles. The number of hydrogen-bond acceptors (Lipinski definition) is 2. The maximum atomic E-state index is 11.8. The molecule has 2 aromatic rings. The second-order valence-electron chi connectivity index (χ2n) is 5.14. The Labute approximate surface area is 114 Å². The molecule has 1 aromatic carbocycles. The Balaban J connectivity index is 2.48. The molecule has 0 N–H and O–H groups in total. The third kappa shape index (κ3) is 2.50. The van der Waals surface area contributed by atoms with Crippen LogP contribution in [0.3, 0.4) is 0 Å². The van der Waals surface area contributed by atoms with Crippen molar-refractivity contribution in [1.29, 1.82) is 0 Å². The summed E-state index contributed by atoms with van der Waals surface area (Å²) >= 11 is 0. The van der Waals surface area contributed by atoms with Gasteiger partial charge in [-0.2, -0.15) is 0 Å². The van der Waals surface area contributed by atoms with Crippen molar-refractivity contribution in [2.75, 3.05) is 7.11 Å². The van der Waals surface area contributed by atoms with Crippen LogP contribution < -0.4 is 0 Å². The largest absolute Gasteiger partial charge is 0.467 e. The highest BCUT2D eigenvalue weighted by atomic mass is 16.5. The molecule has 0 aliphatic heterocycles. The first-order chi connectivity index (χ1) is 9.08. The van der Waals surface area contributed by atoms with Crippen LogP contribution in [0.4, 0.5) is 0 Å². The first kappa shape index (κ1) is 13.7. The molecule has 0 fully saturated rings. The third-order valence-electron chi connectivity index (χ3n) is 3.61. The summed E-state index contributed by atoms with van der Waals surface area (Å²) in [5.41, 5.74) is 2.40. The zero-order chi connectivity index (χ0) is 14.0. The van der Waals surface area contributed by atoms with Crippen LogP contribution in [0.15, 0.2) is 30.5 Å². The monoisotopic (exact) mass is 259 g/mol. The Morgan fingerprint density at radius 2 is 2.05 bits per heavy atom. The summed E-state index contributed by atoms with van der Waals surface area (Å²) in [6.07, 6.45) is 2.70. The summed E-state index contributed by atoms with van der Waals surface area (Å²) in [7, 11) is 1.44. The van der Waals surface area contributed by atoms with E-state index in [2.05, 4.69) is 38.1 Å². The predicted molar refractivity (Wildman–Crippen MR) is 77.4 cm³/mol. The van der Waals surface area contributed by atoms with Gasteiger partial charge in [0.15, 0.2) is 0 Å². The summed E-state index contributed by atoms with van der Waals surface area (Å²) in [4.78, 5) is 11.8. The number of benzene rings is 1. The van der Waals surface area contributed by atoms with E-state index in [4.69, 9.17) is 4.74 Å². The summed E-state index contributed by atoms with van der Waals surface area (Å²) in [5, 5.41) is 1.17. The fourth-order valence-electron chi connectivity index (χ4n) is 2.43. The highest BCUT2D eigenvalue weighted by Gasteiger charge is 2.20. The van der Waals surface area contributed by atoms with Gasteiger partial charge in [0.1, 0.15) is 6.04 Å². The maximum Gasteiger partial charge on any atom is 0.328 e. The van der Waals surface area contributed by atoms with E-state index >= 15 is 0 Å². The van der Waals surface area contributed by atoms with Gasteiger partial charge in [0.05, 0.1) is 7.11 Å². The zero-order valence-corrected chi connectivity index (χ0v) is 12.0. The number of carbonyl (C=O) groups excluding carboxylic acids is 1. The molecular formula is C16H21NO2. The molecule has 0 spiro atoms. The number of hydrogen-bond donors (Lipinski definition) is 0. The summed E-state index contributed by atoms with van der Waals surface area (Å²) in [5.74, 6) is 0.322. The zero-order valence-electron chi connectivity index (χ0n) is 12.0. The molecule has 0 saturated heterocycles.